The summed E-state index contributed by atoms with van der Waals surface area (Å²) in [7, 11) is 0. The first kappa shape index (κ1) is 45.1. The van der Waals surface area contributed by atoms with Gasteiger partial charge in [0.25, 0.3) is 0 Å². The Kier molecular flexibility index (Phi) is 259. The maximum atomic E-state index is 0. The first-order valence-electron chi connectivity index (χ1n) is 0. The largest absolute Gasteiger partial charge is 0 e. The van der Waals surface area contributed by atoms with Crippen molar-refractivity contribution in [3.8, 4) is 0 Å². The molecule has 0 aliphatic carbocycles. The SMILES string of the molecule is [Cu].[Fe].[Mo].[Se].[Zn]. The molecule has 0 amide bonds. The van der Waals surface area contributed by atoms with Crippen molar-refractivity contribution in [2.24, 2.45) is 0 Å². The number of hydrogen-bond acceptors (Lipinski definition) is 0. The van der Waals surface area contributed by atoms with Crippen LogP contribution in [0, 0.1) is 0 Å². The van der Waals surface area contributed by atoms with Crippen LogP contribution in [0.25, 0.3) is 0 Å². The van der Waals surface area contributed by atoms with E-state index in [1.54, 1.807) is 0 Å². The van der Waals surface area contributed by atoms with Crippen LogP contribution in [0.4, 0.5) is 0 Å². The minimum absolute atomic E-state index is 0. The zero-order chi connectivity index (χ0) is 0. The third-order valence-electron chi connectivity index (χ3n) is 0. The van der Waals surface area contributed by atoms with Crippen molar-refractivity contribution in [1.29, 1.82) is 0 Å². The molecule has 0 fully saturated rings. The molecule has 0 saturated carbocycles. The Labute approximate surface area is 90.4 Å². The second-order valence-electron chi connectivity index (χ2n) is 0. The topological polar surface area (TPSA) is 0 Å². The van der Waals surface area contributed by atoms with Crippen molar-refractivity contribution in [2.45, 2.75) is 0 Å². The van der Waals surface area contributed by atoms with E-state index in [1.165, 1.54) is 0 Å². The van der Waals surface area contributed by atoms with Crippen LogP contribution in [0.2, 0.25) is 0 Å². The van der Waals surface area contributed by atoms with Crippen LogP contribution in [-0.2, 0) is 74.7 Å². The van der Waals surface area contributed by atoms with Crippen LogP contribution in [-0.4, -0.2) is 17.1 Å². The molecule has 5 heavy (non-hydrogen) atoms. The predicted octanol–water partition coefficient (Wildman–Crippen LogP) is -0.391. The molecule has 0 N–H and O–H groups in total. The fourth-order valence-corrected chi connectivity index (χ4v) is 0. The maximum absolute atomic E-state index is 0. The monoisotopic (exact) mass is 361 g/mol. The van der Waals surface area contributed by atoms with Gasteiger partial charge in [-0.3, -0.25) is 0 Å². The van der Waals surface area contributed by atoms with E-state index in [9.17, 15) is 0 Å². The van der Waals surface area contributed by atoms with E-state index >= 15 is 0 Å². The molecule has 33 valence electrons. The van der Waals surface area contributed by atoms with E-state index < -0.39 is 0 Å². The van der Waals surface area contributed by atoms with Crippen LogP contribution in [0.5, 0.6) is 0 Å². The van der Waals surface area contributed by atoms with Crippen molar-refractivity contribution >= 4 is 17.1 Å². The smallest absolute Gasteiger partial charge is 0 e. The van der Waals surface area contributed by atoms with Crippen molar-refractivity contribution in [3.05, 3.63) is 0 Å². The molecular weight excluding hydrogens is 360 g/mol. The molecule has 0 aromatic heterocycles. The quantitative estimate of drug-likeness (QED) is 0.517. The summed E-state index contributed by atoms with van der Waals surface area (Å²) >= 11 is 0. The summed E-state index contributed by atoms with van der Waals surface area (Å²) in [6.07, 6.45) is 0. The Morgan fingerprint density at radius 2 is 1.00 bits per heavy atom. The molecule has 3 radical (unpaired) electrons. The molecule has 0 nitrogen and oxygen atoms in total. The van der Waals surface area contributed by atoms with Gasteiger partial charge in [0.05, 0.1) is 0 Å². The van der Waals surface area contributed by atoms with E-state index in [1.807, 2.05) is 0 Å². The molecule has 0 atom stereocenters. The van der Waals surface area contributed by atoms with Crippen LogP contribution < -0.4 is 0 Å². The van der Waals surface area contributed by atoms with Crippen molar-refractivity contribution in [1.82, 2.24) is 0 Å². The molecule has 0 unspecified atom stereocenters. The van der Waals surface area contributed by atoms with Crippen molar-refractivity contribution < 1.29 is 74.7 Å². The molecule has 0 aliphatic rings. The van der Waals surface area contributed by atoms with Gasteiger partial charge in [-0.25, -0.2) is 0 Å². The van der Waals surface area contributed by atoms with Gasteiger partial charge in [-0.15, -0.1) is 0 Å². The molecule has 5 heteroatoms. The summed E-state index contributed by atoms with van der Waals surface area (Å²) in [5, 5.41) is 0. The van der Waals surface area contributed by atoms with E-state index in [4.69, 9.17) is 0 Å². The standard InChI is InChI=1S/Cu.Fe.Mo.Se.Zn. The first-order valence-corrected chi connectivity index (χ1v) is 0. The molecule has 0 bridgehead atoms. The third kappa shape index (κ3) is 19.8. The van der Waals surface area contributed by atoms with E-state index in [-0.39, 0.29) is 91.7 Å². The fraction of sp³-hybridized carbons (Fsp3) is 0. The van der Waals surface area contributed by atoms with Gasteiger partial charge >= 0.3 is 0 Å². The van der Waals surface area contributed by atoms with Gasteiger partial charge in [0.2, 0.25) is 0 Å². The molecule has 0 aliphatic heterocycles. The van der Waals surface area contributed by atoms with Crippen LogP contribution in [0.1, 0.15) is 0 Å². The van der Waals surface area contributed by atoms with Gasteiger partial charge in [-0.2, -0.15) is 0 Å². The summed E-state index contributed by atoms with van der Waals surface area (Å²) in [6, 6.07) is 0. The Balaban J connectivity index is 0. The number of rotatable bonds is 0. The van der Waals surface area contributed by atoms with Gasteiger partial charge in [0, 0.05) is 91.7 Å². The summed E-state index contributed by atoms with van der Waals surface area (Å²) in [4.78, 5) is 0. The Morgan fingerprint density at radius 1 is 1.00 bits per heavy atom. The number of hydrogen-bond donors (Lipinski definition) is 0. The van der Waals surface area contributed by atoms with Gasteiger partial charge in [0.15, 0.2) is 0 Å². The second kappa shape index (κ2) is 28.7. The van der Waals surface area contributed by atoms with Gasteiger partial charge in [-0.05, 0) is 0 Å². The fourth-order valence-electron chi connectivity index (χ4n) is 0. The van der Waals surface area contributed by atoms with Gasteiger partial charge in [0.1, 0.15) is 0 Å². The van der Waals surface area contributed by atoms with Gasteiger partial charge in [-0.1, -0.05) is 0 Å². The average molecular weight is 360 g/mol. The van der Waals surface area contributed by atoms with Crippen LogP contribution >= 0.6 is 0 Å². The minimum Gasteiger partial charge on any atom is 0 e. The van der Waals surface area contributed by atoms with E-state index in [2.05, 4.69) is 0 Å². The predicted molar refractivity (Wildman–Crippen MR) is 5.75 cm³/mol. The summed E-state index contributed by atoms with van der Waals surface area (Å²) < 4.78 is 0. The Bertz CT molecular complexity index is 11.6. The van der Waals surface area contributed by atoms with Crippen molar-refractivity contribution in [2.75, 3.05) is 0 Å². The van der Waals surface area contributed by atoms with Crippen LogP contribution in [0.3, 0.4) is 0 Å². The summed E-state index contributed by atoms with van der Waals surface area (Å²) in [5.41, 5.74) is 0. The molecular formula is CuFeMoSeZn. The first-order chi connectivity index (χ1) is 0. The average Bonchev–Trinajstić information content (AvgIpc) is 0. The molecule has 0 heterocycles. The minimum atomic E-state index is 0. The summed E-state index contributed by atoms with van der Waals surface area (Å²) in [6.45, 7) is 0. The zero-order valence-electron chi connectivity index (χ0n) is 2.18. The van der Waals surface area contributed by atoms with Crippen molar-refractivity contribution in [3.63, 3.8) is 0 Å². The molecule has 0 aromatic rings. The molecule has 0 rings (SSSR count). The normalized spacial score (nSPS) is 0. The van der Waals surface area contributed by atoms with Crippen LogP contribution in [0.15, 0.2) is 0 Å². The summed E-state index contributed by atoms with van der Waals surface area (Å²) in [5.74, 6) is 0. The second-order valence-corrected chi connectivity index (χ2v) is 0. The van der Waals surface area contributed by atoms with E-state index in [0.717, 1.165) is 0 Å². The zero-order valence-corrected chi connectivity index (χ0v) is 10.9. The molecule has 0 aromatic carbocycles. The third-order valence-corrected chi connectivity index (χ3v) is 0. The maximum Gasteiger partial charge on any atom is 0 e. The Morgan fingerprint density at radius 3 is 1.00 bits per heavy atom. The molecule has 0 spiro atoms. The van der Waals surface area contributed by atoms with Gasteiger partial charge < -0.3 is 0 Å². The molecule has 0 saturated heterocycles. The Hall–Kier alpha value is 2.87. The van der Waals surface area contributed by atoms with E-state index in [0.29, 0.717) is 0 Å².